The highest BCUT2D eigenvalue weighted by Gasteiger charge is 2.23. The molecule has 8 heteroatoms. The first-order valence-corrected chi connectivity index (χ1v) is 11.8. The smallest absolute Gasteiger partial charge is 0.254 e. The molecule has 1 saturated heterocycles. The van der Waals surface area contributed by atoms with Gasteiger partial charge in [-0.3, -0.25) is 9.69 Å². The molecule has 0 radical (unpaired) electrons. The third-order valence-corrected chi connectivity index (χ3v) is 6.60. The SMILES string of the molecule is COc1ccccc1CN1CCC(NC(=O)c2cccnc2SCc2cc(C)on2)CC1. The van der Waals surface area contributed by atoms with Gasteiger partial charge in [-0.2, -0.15) is 0 Å². The Labute approximate surface area is 192 Å². The van der Waals surface area contributed by atoms with Crippen LogP contribution in [0.3, 0.4) is 0 Å². The second-order valence-corrected chi connectivity index (χ2v) is 8.87. The standard InChI is InChI=1S/C24H28N4O3S/c1-17-14-20(27-31-17)16-32-24-21(7-5-11-25-24)23(29)26-19-9-12-28(13-10-19)15-18-6-3-4-8-22(18)30-2/h3-8,11,14,19H,9-10,12-13,15-16H2,1-2H3,(H,26,29). The van der Waals surface area contributed by atoms with Crippen LogP contribution < -0.4 is 10.1 Å². The summed E-state index contributed by atoms with van der Waals surface area (Å²) in [6.45, 7) is 4.59. The zero-order chi connectivity index (χ0) is 22.3. The van der Waals surface area contributed by atoms with Crippen LogP contribution in [0.15, 0.2) is 58.2 Å². The normalized spacial score (nSPS) is 14.9. The Morgan fingerprint density at radius 1 is 1.25 bits per heavy atom. The number of aryl methyl sites for hydroxylation is 1. The first kappa shape index (κ1) is 22.4. The van der Waals surface area contributed by atoms with Crippen molar-refractivity contribution in [2.24, 2.45) is 0 Å². The number of carbonyl (C=O) groups is 1. The molecule has 2 aromatic heterocycles. The van der Waals surface area contributed by atoms with Crippen molar-refractivity contribution in [2.45, 2.75) is 43.1 Å². The highest BCUT2D eigenvalue weighted by Crippen LogP contribution is 2.25. The molecule has 32 heavy (non-hydrogen) atoms. The summed E-state index contributed by atoms with van der Waals surface area (Å²) < 4.78 is 10.6. The fourth-order valence-electron chi connectivity index (χ4n) is 3.88. The second kappa shape index (κ2) is 10.7. The van der Waals surface area contributed by atoms with Crippen LogP contribution in [0.1, 0.15) is 40.2 Å². The van der Waals surface area contributed by atoms with Gasteiger partial charge in [0.15, 0.2) is 0 Å². The molecule has 1 aliphatic heterocycles. The lowest BCUT2D eigenvalue weighted by molar-refractivity contribution is 0.0905. The van der Waals surface area contributed by atoms with E-state index in [1.807, 2.05) is 37.3 Å². The molecule has 0 saturated carbocycles. The van der Waals surface area contributed by atoms with Crippen LogP contribution in [0.5, 0.6) is 5.75 Å². The van der Waals surface area contributed by atoms with Crippen molar-refractivity contribution in [3.05, 3.63) is 71.2 Å². The summed E-state index contributed by atoms with van der Waals surface area (Å²) in [6, 6.07) is 13.8. The summed E-state index contributed by atoms with van der Waals surface area (Å²) in [5, 5.41) is 7.92. The number of likely N-dealkylation sites (tertiary alicyclic amines) is 1. The number of hydrogen-bond acceptors (Lipinski definition) is 7. The van der Waals surface area contributed by atoms with E-state index in [9.17, 15) is 4.79 Å². The van der Waals surface area contributed by atoms with Crippen molar-refractivity contribution in [2.75, 3.05) is 20.2 Å². The maximum atomic E-state index is 13.0. The number of nitrogens with zero attached hydrogens (tertiary/aromatic N) is 3. The number of nitrogens with one attached hydrogen (secondary N) is 1. The molecule has 0 spiro atoms. The van der Waals surface area contributed by atoms with Gasteiger partial charge in [-0.1, -0.05) is 35.1 Å². The Bertz CT molecular complexity index is 1050. The van der Waals surface area contributed by atoms with E-state index >= 15 is 0 Å². The van der Waals surface area contributed by atoms with Gasteiger partial charge in [-0.15, -0.1) is 0 Å². The van der Waals surface area contributed by atoms with Crippen molar-refractivity contribution >= 4 is 17.7 Å². The van der Waals surface area contributed by atoms with Crippen LogP contribution in [0.2, 0.25) is 0 Å². The van der Waals surface area contributed by atoms with Gasteiger partial charge in [-0.05, 0) is 38.0 Å². The predicted molar refractivity (Wildman–Crippen MR) is 124 cm³/mol. The molecule has 4 rings (SSSR count). The number of thioether (sulfide) groups is 1. The van der Waals surface area contributed by atoms with Gasteiger partial charge in [0.2, 0.25) is 0 Å². The molecule has 7 nitrogen and oxygen atoms in total. The Morgan fingerprint density at radius 2 is 2.06 bits per heavy atom. The first-order chi connectivity index (χ1) is 15.6. The second-order valence-electron chi connectivity index (χ2n) is 7.91. The van der Waals surface area contributed by atoms with Crippen molar-refractivity contribution in [3.8, 4) is 5.75 Å². The lowest BCUT2D eigenvalue weighted by Gasteiger charge is -2.32. The topological polar surface area (TPSA) is 80.5 Å². The molecule has 0 bridgehead atoms. The fourth-order valence-corrected chi connectivity index (χ4v) is 4.75. The molecule has 3 heterocycles. The molecule has 0 aliphatic carbocycles. The molecule has 3 aromatic rings. The van der Waals surface area contributed by atoms with Crippen LogP contribution >= 0.6 is 11.8 Å². The van der Waals surface area contributed by atoms with E-state index in [2.05, 4.69) is 26.4 Å². The first-order valence-electron chi connectivity index (χ1n) is 10.8. The van der Waals surface area contributed by atoms with E-state index in [1.165, 1.54) is 17.3 Å². The number of para-hydroxylation sites is 1. The van der Waals surface area contributed by atoms with E-state index in [4.69, 9.17) is 9.26 Å². The molecule has 1 fully saturated rings. The number of carbonyl (C=O) groups excluding carboxylic acids is 1. The van der Waals surface area contributed by atoms with Crippen molar-refractivity contribution in [1.29, 1.82) is 0 Å². The lowest BCUT2D eigenvalue weighted by atomic mass is 10.0. The molecule has 0 atom stereocenters. The Hall–Kier alpha value is -2.84. The quantitative estimate of drug-likeness (QED) is 0.516. The largest absolute Gasteiger partial charge is 0.496 e. The van der Waals surface area contributed by atoms with Gasteiger partial charge in [0, 0.05) is 49.3 Å². The maximum absolute atomic E-state index is 13.0. The molecular weight excluding hydrogens is 424 g/mol. The Kier molecular flexibility index (Phi) is 7.44. The van der Waals surface area contributed by atoms with Crippen LogP contribution in [0.25, 0.3) is 0 Å². The van der Waals surface area contributed by atoms with Gasteiger partial charge in [0.25, 0.3) is 5.91 Å². The molecular formula is C24H28N4O3S. The molecule has 1 aromatic carbocycles. The van der Waals surface area contributed by atoms with E-state index in [0.717, 1.165) is 49.7 Å². The Morgan fingerprint density at radius 3 is 2.81 bits per heavy atom. The van der Waals surface area contributed by atoms with E-state index < -0.39 is 0 Å². The minimum atomic E-state index is -0.0693. The number of hydrogen-bond donors (Lipinski definition) is 1. The summed E-state index contributed by atoms with van der Waals surface area (Å²) >= 11 is 1.49. The minimum Gasteiger partial charge on any atom is -0.496 e. The van der Waals surface area contributed by atoms with E-state index in [-0.39, 0.29) is 11.9 Å². The van der Waals surface area contributed by atoms with Gasteiger partial charge >= 0.3 is 0 Å². The van der Waals surface area contributed by atoms with Crippen LogP contribution in [-0.4, -0.2) is 47.2 Å². The maximum Gasteiger partial charge on any atom is 0.254 e. The molecule has 1 aliphatic rings. The zero-order valence-corrected chi connectivity index (χ0v) is 19.2. The molecule has 1 amide bonds. The number of rotatable bonds is 8. The number of ether oxygens (including phenoxy) is 1. The van der Waals surface area contributed by atoms with E-state index in [1.54, 1.807) is 19.4 Å². The van der Waals surface area contributed by atoms with Crippen molar-refractivity contribution in [1.82, 2.24) is 20.4 Å². The third kappa shape index (κ3) is 5.69. The van der Waals surface area contributed by atoms with Gasteiger partial charge in [0.1, 0.15) is 16.5 Å². The van der Waals surface area contributed by atoms with Gasteiger partial charge in [-0.25, -0.2) is 4.98 Å². The number of amides is 1. The highest BCUT2D eigenvalue weighted by atomic mass is 32.2. The zero-order valence-electron chi connectivity index (χ0n) is 18.4. The average Bonchev–Trinajstić information content (AvgIpc) is 3.24. The van der Waals surface area contributed by atoms with Crippen LogP contribution in [-0.2, 0) is 12.3 Å². The highest BCUT2D eigenvalue weighted by molar-refractivity contribution is 7.98. The number of benzene rings is 1. The Balaban J connectivity index is 1.30. The minimum absolute atomic E-state index is 0.0693. The summed E-state index contributed by atoms with van der Waals surface area (Å²) in [4.78, 5) is 19.8. The number of aromatic nitrogens is 2. The monoisotopic (exact) mass is 452 g/mol. The number of piperidine rings is 1. The number of methoxy groups -OCH3 is 1. The predicted octanol–water partition coefficient (Wildman–Crippen LogP) is 4.07. The van der Waals surface area contributed by atoms with Crippen LogP contribution in [0, 0.1) is 6.92 Å². The summed E-state index contributed by atoms with van der Waals surface area (Å²) in [6.07, 6.45) is 3.55. The average molecular weight is 453 g/mol. The van der Waals surface area contributed by atoms with Gasteiger partial charge < -0.3 is 14.6 Å². The third-order valence-electron chi connectivity index (χ3n) is 5.56. The molecule has 0 unspecified atom stereocenters. The summed E-state index contributed by atoms with van der Waals surface area (Å²) in [5.41, 5.74) is 2.64. The van der Waals surface area contributed by atoms with Crippen molar-refractivity contribution in [3.63, 3.8) is 0 Å². The number of pyridine rings is 1. The summed E-state index contributed by atoms with van der Waals surface area (Å²) in [5.74, 6) is 2.23. The summed E-state index contributed by atoms with van der Waals surface area (Å²) in [7, 11) is 1.71. The van der Waals surface area contributed by atoms with Gasteiger partial charge in [0.05, 0.1) is 18.4 Å². The molecule has 1 N–H and O–H groups in total. The van der Waals surface area contributed by atoms with E-state index in [0.29, 0.717) is 16.3 Å². The molecule has 168 valence electrons. The fraction of sp³-hybridized carbons (Fsp3) is 0.375. The van der Waals surface area contributed by atoms with Crippen LogP contribution in [0.4, 0.5) is 0 Å². The van der Waals surface area contributed by atoms with Crippen molar-refractivity contribution < 1.29 is 14.1 Å². The lowest BCUT2D eigenvalue weighted by Crippen LogP contribution is -2.44.